The molecular weight excluding hydrogens is 340 g/mol. The van der Waals surface area contributed by atoms with Gasteiger partial charge in [-0.2, -0.15) is 0 Å². The SMILES string of the molecule is CC(C)NC(=O)Nc1ccc(CNC(=O)C[C@@H]2CCC[C@H]2N)cc1.Cl. The Balaban J connectivity index is 0.00000312. The van der Waals surface area contributed by atoms with E-state index in [0.29, 0.717) is 18.9 Å². The Hall–Kier alpha value is -1.79. The number of carbonyl (C=O) groups is 2. The number of rotatable bonds is 6. The maximum atomic E-state index is 12.0. The highest BCUT2D eigenvalue weighted by Gasteiger charge is 2.25. The van der Waals surface area contributed by atoms with E-state index >= 15 is 0 Å². The van der Waals surface area contributed by atoms with Crippen LogP contribution >= 0.6 is 12.4 Å². The van der Waals surface area contributed by atoms with Crippen LogP contribution in [-0.4, -0.2) is 24.0 Å². The van der Waals surface area contributed by atoms with E-state index in [1.807, 2.05) is 38.1 Å². The molecule has 25 heavy (non-hydrogen) atoms. The number of amides is 3. The summed E-state index contributed by atoms with van der Waals surface area (Å²) < 4.78 is 0. The Morgan fingerprint density at radius 1 is 1.20 bits per heavy atom. The molecular formula is C18H29ClN4O2. The van der Waals surface area contributed by atoms with Gasteiger partial charge in [-0.25, -0.2) is 4.79 Å². The largest absolute Gasteiger partial charge is 0.352 e. The molecule has 1 fully saturated rings. The van der Waals surface area contributed by atoms with Crippen LogP contribution in [0.1, 0.15) is 45.1 Å². The van der Waals surface area contributed by atoms with Gasteiger partial charge in [0.05, 0.1) is 0 Å². The van der Waals surface area contributed by atoms with Crippen LogP contribution in [0.5, 0.6) is 0 Å². The molecule has 0 bridgehead atoms. The molecule has 1 aromatic carbocycles. The van der Waals surface area contributed by atoms with Gasteiger partial charge in [-0.1, -0.05) is 18.6 Å². The number of carbonyl (C=O) groups excluding carboxylic acids is 2. The summed E-state index contributed by atoms with van der Waals surface area (Å²) in [6, 6.07) is 7.48. The molecule has 0 unspecified atom stereocenters. The third-order valence-electron chi connectivity index (χ3n) is 4.29. The summed E-state index contributed by atoms with van der Waals surface area (Å²) in [6.45, 7) is 4.30. The van der Waals surface area contributed by atoms with Crippen molar-refractivity contribution < 1.29 is 9.59 Å². The van der Waals surface area contributed by atoms with Gasteiger partial charge in [0.1, 0.15) is 0 Å². The standard InChI is InChI=1S/C18H28N4O2.ClH/c1-12(2)21-18(24)22-15-8-6-13(7-9-15)11-20-17(23)10-14-4-3-5-16(14)19;/h6-9,12,14,16H,3-5,10-11,19H2,1-2H3,(H,20,23)(H2,21,22,24);1H/t14-,16+;/m0./s1. The molecule has 0 heterocycles. The lowest BCUT2D eigenvalue weighted by Crippen LogP contribution is -2.34. The van der Waals surface area contributed by atoms with Gasteiger partial charge >= 0.3 is 6.03 Å². The van der Waals surface area contributed by atoms with Crippen molar-refractivity contribution in [3.8, 4) is 0 Å². The third-order valence-corrected chi connectivity index (χ3v) is 4.29. The van der Waals surface area contributed by atoms with Gasteiger partial charge in [0.15, 0.2) is 0 Å². The maximum absolute atomic E-state index is 12.0. The van der Waals surface area contributed by atoms with Crippen LogP contribution in [-0.2, 0) is 11.3 Å². The van der Waals surface area contributed by atoms with Crippen LogP contribution in [0.3, 0.4) is 0 Å². The summed E-state index contributed by atoms with van der Waals surface area (Å²) in [6.07, 6.45) is 3.71. The second-order valence-electron chi connectivity index (χ2n) is 6.79. The molecule has 6 nitrogen and oxygen atoms in total. The monoisotopic (exact) mass is 368 g/mol. The molecule has 5 N–H and O–H groups in total. The third kappa shape index (κ3) is 7.32. The van der Waals surface area contributed by atoms with Crippen LogP contribution in [0.25, 0.3) is 0 Å². The number of benzene rings is 1. The smallest absolute Gasteiger partial charge is 0.319 e. The minimum Gasteiger partial charge on any atom is -0.352 e. The lowest BCUT2D eigenvalue weighted by molar-refractivity contribution is -0.122. The van der Waals surface area contributed by atoms with E-state index in [-0.39, 0.29) is 36.4 Å². The van der Waals surface area contributed by atoms with Crippen molar-refractivity contribution in [2.75, 3.05) is 5.32 Å². The average molecular weight is 369 g/mol. The van der Waals surface area contributed by atoms with Crippen LogP contribution in [0.2, 0.25) is 0 Å². The first kappa shape index (κ1) is 21.3. The molecule has 1 aromatic rings. The molecule has 0 aliphatic heterocycles. The molecule has 3 amide bonds. The van der Waals surface area contributed by atoms with E-state index in [4.69, 9.17) is 5.73 Å². The Bertz CT molecular complexity index is 563. The van der Waals surface area contributed by atoms with E-state index in [2.05, 4.69) is 16.0 Å². The van der Waals surface area contributed by atoms with Gasteiger partial charge in [-0.15, -0.1) is 12.4 Å². The fraction of sp³-hybridized carbons (Fsp3) is 0.556. The highest BCUT2D eigenvalue weighted by atomic mass is 35.5. The highest BCUT2D eigenvalue weighted by Crippen LogP contribution is 2.26. The topological polar surface area (TPSA) is 96.2 Å². The number of anilines is 1. The Morgan fingerprint density at radius 3 is 2.44 bits per heavy atom. The fourth-order valence-electron chi connectivity index (χ4n) is 2.97. The van der Waals surface area contributed by atoms with Crippen molar-refractivity contribution in [3.63, 3.8) is 0 Å². The quantitative estimate of drug-likeness (QED) is 0.621. The highest BCUT2D eigenvalue weighted by molar-refractivity contribution is 5.89. The predicted molar refractivity (Wildman–Crippen MR) is 103 cm³/mol. The van der Waals surface area contributed by atoms with Crippen molar-refractivity contribution in [1.29, 1.82) is 0 Å². The maximum Gasteiger partial charge on any atom is 0.319 e. The van der Waals surface area contributed by atoms with Gasteiger partial charge in [0, 0.05) is 30.7 Å². The normalized spacial score (nSPS) is 19.2. The second-order valence-corrected chi connectivity index (χ2v) is 6.79. The van der Waals surface area contributed by atoms with E-state index in [0.717, 1.165) is 30.5 Å². The van der Waals surface area contributed by atoms with Crippen LogP contribution in [0, 0.1) is 5.92 Å². The van der Waals surface area contributed by atoms with E-state index in [9.17, 15) is 9.59 Å². The summed E-state index contributed by atoms with van der Waals surface area (Å²) in [5, 5.41) is 8.47. The first-order chi connectivity index (χ1) is 11.4. The van der Waals surface area contributed by atoms with Gasteiger partial charge in [0.2, 0.25) is 5.91 Å². The van der Waals surface area contributed by atoms with Crippen molar-refractivity contribution >= 4 is 30.0 Å². The van der Waals surface area contributed by atoms with E-state index in [1.54, 1.807) is 0 Å². The number of nitrogens with two attached hydrogens (primary N) is 1. The molecule has 0 saturated heterocycles. The summed E-state index contributed by atoms with van der Waals surface area (Å²) in [5.41, 5.74) is 7.72. The number of nitrogens with one attached hydrogen (secondary N) is 3. The molecule has 7 heteroatoms. The lowest BCUT2D eigenvalue weighted by atomic mass is 10.00. The van der Waals surface area contributed by atoms with Crippen molar-refractivity contribution in [3.05, 3.63) is 29.8 Å². The number of urea groups is 1. The lowest BCUT2D eigenvalue weighted by Gasteiger charge is -2.15. The van der Waals surface area contributed by atoms with Gasteiger partial charge < -0.3 is 21.7 Å². The van der Waals surface area contributed by atoms with Crippen molar-refractivity contribution in [2.24, 2.45) is 11.7 Å². The summed E-state index contributed by atoms with van der Waals surface area (Å²) in [7, 11) is 0. The molecule has 140 valence electrons. The van der Waals surface area contributed by atoms with Crippen molar-refractivity contribution in [2.45, 2.75) is 58.2 Å². The van der Waals surface area contributed by atoms with Crippen LogP contribution < -0.4 is 21.7 Å². The Kier molecular flexibility index (Phi) is 8.72. The molecule has 2 rings (SSSR count). The molecule has 1 aliphatic carbocycles. The average Bonchev–Trinajstić information content (AvgIpc) is 2.91. The zero-order chi connectivity index (χ0) is 17.5. The molecule has 0 radical (unpaired) electrons. The minimum atomic E-state index is -0.223. The first-order valence-electron chi connectivity index (χ1n) is 8.63. The number of halogens is 1. The summed E-state index contributed by atoms with van der Waals surface area (Å²) in [5.74, 6) is 0.368. The van der Waals surface area contributed by atoms with Gasteiger partial charge in [-0.05, 0) is 50.3 Å². The summed E-state index contributed by atoms with van der Waals surface area (Å²) >= 11 is 0. The molecule has 2 atom stereocenters. The Labute approximate surface area is 155 Å². The van der Waals surface area contributed by atoms with Gasteiger partial charge in [-0.3, -0.25) is 4.79 Å². The van der Waals surface area contributed by atoms with Crippen molar-refractivity contribution in [1.82, 2.24) is 10.6 Å². The minimum absolute atomic E-state index is 0. The molecule has 0 aromatic heterocycles. The van der Waals surface area contributed by atoms with E-state index in [1.165, 1.54) is 0 Å². The molecule has 0 spiro atoms. The van der Waals surface area contributed by atoms with Crippen LogP contribution in [0.15, 0.2) is 24.3 Å². The van der Waals surface area contributed by atoms with E-state index < -0.39 is 0 Å². The second kappa shape index (κ2) is 10.3. The summed E-state index contributed by atoms with van der Waals surface area (Å²) in [4.78, 5) is 23.6. The molecule has 1 aliphatic rings. The molecule has 1 saturated carbocycles. The van der Waals surface area contributed by atoms with Gasteiger partial charge in [0.25, 0.3) is 0 Å². The zero-order valence-corrected chi connectivity index (χ0v) is 15.7. The first-order valence-corrected chi connectivity index (χ1v) is 8.63. The number of hydrogen-bond acceptors (Lipinski definition) is 3. The van der Waals surface area contributed by atoms with Crippen LogP contribution in [0.4, 0.5) is 10.5 Å². The zero-order valence-electron chi connectivity index (χ0n) is 14.9. The Morgan fingerprint density at radius 2 is 1.88 bits per heavy atom. The number of hydrogen-bond donors (Lipinski definition) is 4. The predicted octanol–water partition coefficient (Wildman–Crippen LogP) is 2.77. The fourth-order valence-corrected chi connectivity index (χ4v) is 2.97.